The third-order valence-electron chi connectivity index (χ3n) is 2.57. The van der Waals surface area contributed by atoms with Crippen molar-refractivity contribution in [2.24, 2.45) is 5.73 Å². The maximum Gasteiger partial charge on any atom is 0.260 e. The van der Waals surface area contributed by atoms with Crippen LogP contribution in [-0.4, -0.2) is 25.2 Å². The van der Waals surface area contributed by atoms with E-state index < -0.39 is 10.0 Å². The number of aryl methyl sites for hydroxylation is 1. The third-order valence-corrected chi connectivity index (χ3v) is 4.00. The normalized spacial score (nSPS) is 11.9. The number of aromatic amines is 1. The number of rotatable bonds is 7. The van der Waals surface area contributed by atoms with Crippen LogP contribution in [0.2, 0.25) is 0 Å². The van der Waals surface area contributed by atoms with Crippen molar-refractivity contribution in [3.8, 4) is 0 Å². The van der Waals surface area contributed by atoms with Gasteiger partial charge in [-0.2, -0.15) is 5.10 Å². The molecule has 0 aliphatic heterocycles. The van der Waals surface area contributed by atoms with E-state index in [9.17, 15) is 8.42 Å². The highest BCUT2D eigenvalue weighted by atomic mass is 32.2. The minimum atomic E-state index is -3.54. The number of nitrogens with one attached hydrogen (secondary N) is 2. The van der Waals surface area contributed by atoms with Gasteiger partial charge >= 0.3 is 0 Å². The molecule has 0 fully saturated rings. The fourth-order valence-corrected chi connectivity index (χ4v) is 2.82. The lowest BCUT2D eigenvalue weighted by Gasteiger charge is -2.05. The summed E-state index contributed by atoms with van der Waals surface area (Å²) in [5, 5.41) is 6.47. The van der Waals surface area contributed by atoms with Gasteiger partial charge in [-0.1, -0.05) is 19.8 Å². The molecule has 17 heavy (non-hydrogen) atoms. The molecule has 0 saturated heterocycles. The van der Waals surface area contributed by atoms with Gasteiger partial charge in [0.15, 0.2) is 5.03 Å². The van der Waals surface area contributed by atoms with Crippen LogP contribution in [0.5, 0.6) is 0 Å². The molecule has 0 saturated carbocycles. The van der Waals surface area contributed by atoms with Crippen molar-refractivity contribution < 1.29 is 8.42 Å². The lowest BCUT2D eigenvalue weighted by atomic mass is 10.3. The second-order valence-corrected chi connectivity index (χ2v) is 5.62. The first-order chi connectivity index (χ1) is 8.03. The largest absolute Gasteiger partial charge is 0.326 e. The van der Waals surface area contributed by atoms with Gasteiger partial charge < -0.3 is 5.73 Å². The van der Waals surface area contributed by atoms with E-state index in [1.165, 1.54) is 0 Å². The molecule has 6 nitrogen and oxygen atoms in total. The molecule has 0 spiro atoms. The van der Waals surface area contributed by atoms with Crippen molar-refractivity contribution >= 4 is 10.0 Å². The highest BCUT2D eigenvalue weighted by molar-refractivity contribution is 7.89. The van der Waals surface area contributed by atoms with Crippen LogP contribution in [0.3, 0.4) is 0 Å². The van der Waals surface area contributed by atoms with Crippen molar-refractivity contribution in [1.82, 2.24) is 14.9 Å². The Morgan fingerprint density at radius 3 is 2.71 bits per heavy atom. The maximum atomic E-state index is 11.9. The average molecular weight is 260 g/mol. The number of sulfonamides is 1. The van der Waals surface area contributed by atoms with E-state index in [4.69, 9.17) is 5.73 Å². The Morgan fingerprint density at radius 1 is 1.41 bits per heavy atom. The summed E-state index contributed by atoms with van der Waals surface area (Å²) in [6, 6.07) is 0. The van der Waals surface area contributed by atoms with Gasteiger partial charge in [-0.25, -0.2) is 13.1 Å². The molecule has 1 aromatic rings. The zero-order chi connectivity index (χ0) is 12.9. The average Bonchev–Trinajstić information content (AvgIpc) is 2.66. The Kier molecular flexibility index (Phi) is 5.10. The number of hydrogen-bond acceptors (Lipinski definition) is 4. The van der Waals surface area contributed by atoms with Gasteiger partial charge in [0.05, 0.1) is 0 Å². The van der Waals surface area contributed by atoms with Gasteiger partial charge in [0.25, 0.3) is 10.0 Å². The Morgan fingerprint density at radius 2 is 2.12 bits per heavy atom. The number of hydrogen-bond donors (Lipinski definition) is 3. The SMILES string of the molecule is CCCCCNS(=O)(=O)c1n[nH]c(C)c1CN. The number of H-pyrrole nitrogens is 1. The molecule has 98 valence electrons. The standard InChI is InChI=1S/C10H20N4O2S/c1-3-4-5-6-12-17(15,16)10-9(7-11)8(2)13-14-10/h12H,3-7,11H2,1-2H3,(H,13,14). The van der Waals surface area contributed by atoms with Crippen molar-refractivity contribution in [2.75, 3.05) is 6.54 Å². The Bertz CT molecular complexity index is 453. The van der Waals surface area contributed by atoms with Crippen LogP contribution < -0.4 is 10.5 Å². The molecule has 0 aromatic carbocycles. The van der Waals surface area contributed by atoms with E-state index in [-0.39, 0.29) is 11.6 Å². The molecule has 0 aliphatic rings. The molecule has 7 heteroatoms. The van der Waals surface area contributed by atoms with Crippen LogP contribution in [0, 0.1) is 6.92 Å². The van der Waals surface area contributed by atoms with E-state index in [2.05, 4.69) is 21.8 Å². The Labute approximate surface area is 102 Å². The first kappa shape index (κ1) is 14.1. The molecule has 0 aliphatic carbocycles. The summed E-state index contributed by atoms with van der Waals surface area (Å²) in [6.45, 7) is 4.42. The van der Waals surface area contributed by atoms with E-state index in [1.807, 2.05) is 0 Å². The van der Waals surface area contributed by atoms with E-state index in [1.54, 1.807) is 6.92 Å². The van der Waals surface area contributed by atoms with Gasteiger partial charge in [-0.3, -0.25) is 5.10 Å². The number of aromatic nitrogens is 2. The summed E-state index contributed by atoms with van der Waals surface area (Å²) < 4.78 is 26.4. The third kappa shape index (κ3) is 3.52. The summed E-state index contributed by atoms with van der Waals surface area (Å²) in [6.07, 6.45) is 2.89. The second kappa shape index (κ2) is 6.13. The summed E-state index contributed by atoms with van der Waals surface area (Å²) in [4.78, 5) is 0. The number of nitrogens with zero attached hydrogens (tertiary/aromatic N) is 1. The smallest absolute Gasteiger partial charge is 0.260 e. The van der Waals surface area contributed by atoms with Crippen LogP contribution in [-0.2, 0) is 16.6 Å². The zero-order valence-corrected chi connectivity index (χ0v) is 11.1. The summed E-state index contributed by atoms with van der Waals surface area (Å²) in [7, 11) is -3.54. The fourth-order valence-electron chi connectivity index (χ4n) is 1.54. The monoisotopic (exact) mass is 260 g/mol. The zero-order valence-electron chi connectivity index (χ0n) is 10.3. The van der Waals surface area contributed by atoms with Crippen molar-refractivity contribution in [3.63, 3.8) is 0 Å². The molecule has 1 aromatic heterocycles. The minimum absolute atomic E-state index is 0.0222. The van der Waals surface area contributed by atoms with Crippen LogP contribution in [0.15, 0.2) is 5.03 Å². The van der Waals surface area contributed by atoms with E-state index >= 15 is 0 Å². The lowest BCUT2D eigenvalue weighted by molar-refractivity contribution is 0.570. The van der Waals surface area contributed by atoms with Crippen LogP contribution in [0.25, 0.3) is 0 Å². The molecular formula is C10H20N4O2S. The first-order valence-electron chi connectivity index (χ1n) is 5.76. The topological polar surface area (TPSA) is 101 Å². The molecule has 4 N–H and O–H groups in total. The molecule has 1 heterocycles. The predicted octanol–water partition coefficient (Wildman–Crippen LogP) is 0.645. The molecule has 0 unspecified atom stereocenters. The van der Waals surface area contributed by atoms with Crippen LogP contribution in [0.1, 0.15) is 37.4 Å². The summed E-state index contributed by atoms with van der Waals surface area (Å²) in [5.74, 6) is 0. The molecular weight excluding hydrogens is 240 g/mol. The quantitative estimate of drug-likeness (QED) is 0.626. The number of nitrogens with two attached hydrogens (primary N) is 1. The number of unbranched alkanes of at least 4 members (excludes halogenated alkanes) is 2. The van der Waals surface area contributed by atoms with Gasteiger partial charge in [0, 0.05) is 24.3 Å². The first-order valence-corrected chi connectivity index (χ1v) is 7.24. The van der Waals surface area contributed by atoms with Gasteiger partial charge in [0.2, 0.25) is 0 Å². The van der Waals surface area contributed by atoms with E-state index in [0.29, 0.717) is 17.8 Å². The highest BCUT2D eigenvalue weighted by Crippen LogP contribution is 2.15. The van der Waals surface area contributed by atoms with Crippen molar-refractivity contribution in [2.45, 2.75) is 44.7 Å². The van der Waals surface area contributed by atoms with Crippen molar-refractivity contribution in [3.05, 3.63) is 11.3 Å². The molecule has 0 bridgehead atoms. The minimum Gasteiger partial charge on any atom is -0.326 e. The van der Waals surface area contributed by atoms with E-state index in [0.717, 1.165) is 19.3 Å². The van der Waals surface area contributed by atoms with Gasteiger partial charge in [-0.15, -0.1) is 0 Å². The second-order valence-electron chi connectivity index (χ2n) is 3.94. The van der Waals surface area contributed by atoms with Gasteiger partial charge in [0.1, 0.15) is 0 Å². The fraction of sp³-hybridized carbons (Fsp3) is 0.700. The summed E-state index contributed by atoms with van der Waals surface area (Å²) >= 11 is 0. The molecule has 0 amide bonds. The van der Waals surface area contributed by atoms with Gasteiger partial charge in [-0.05, 0) is 13.3 Å². The maximum absolute atomic E-state index is 11.9. The molecule has 0 radical (unpaired) electrons. The Balaban J connectivity index is 2.75. The Hall–Kier alpha value is -0.920. The molecule has 0 atom stereocenters. The van der Waals surface area contributed by atoms with Crippen molar-refractivity contribution in [1.29, 1.82) is 0 Å². The van der Waals surface area contributed by atoms with Crippen LogP contribution >= 0.6 is 0 Å². The lowest BCUT2D eigenvalue weighted by Crippen LogP contribution is -2.26. The summed E-state index contributed by atoms with van der Waals surface area (Å²) in [5.41, 5.74) is 6.76. The highest BCUT2D eigenvalue weighted by Gasteiger charge is 2.22. The van der Waals surface area contributed by atoms with Crippen LogP contribution in [0.4, 0.5) is 0 Å². The predicted molar refractivity (Wildman–Crippen MR) is 65.9 cm³/mol. The molecule has 1 rings (SSSR count).